The molecular weight excluding hydrogens is 424 g/mol. The summed E-state index contributed by atoms with van der Waals surface area (Å²) >= 11 is 0. The van der Waals surface area contributed by atoms with Gasteiger partial charge in [-0.3, -0.25) is 4.98 Å². The molecule has 6 nitrogen and oxygen atoms in total. The summed E-state index contributed by atoms with van der Waals surface area (Å²) < 4.78 is 61.2. The molecule has 5 rings (SSSR count). The van der Waals surface area contributed by atoms with Crippen molar-refractivity contribution in [2.75, 3.05) is 0 Å². The van der Waals surface area contributed by atoms with E-state index in [-0.39, 0.29) is 22.2 Å². The molecular formula is C22H10F4N6. The summed E-state index contributed by atoms with van der Waals surface area (Å²) in [5.41, 5.74) is -0.508. The molecule has 0 amide bonds. The van der Waals surface area contributed by atoms with Crippen LogP contribution in [0.5, 0.6) is 0 Å². The van der Waals surface area contributed by atoms with Gasteiger partial charge in [-0.2, -0.15) is 23.7 Å². The van der Waals surface area contributed by atoms with Crippen LogP contribution in [-0.4, -0.2) is 24.8 Å². The van der Waals surface area contributed by atoms with Crippen molar-refractivity contribution in [1.29, 1.82) is 5.26 Å². The molecule has 0 fully saturated rings. The highest BCUT2D eigenvalue weighted by Crippen LogP contribution is 2.39. The van der Waals surface area contributed by atoms with Crippen molar-refractivity contribution in [2.24, 2.45) is 0 Å². The third kappa shape index (κ3) is 2.94. The number of fused-ring (bicyclic) bond motifs is 2. The maximum absolute atomic E-state index is 15.4. The van der Waals surface area contributed by atoms with Crippen LogP contribution in [0.15, 0.2) is 60.8 Å². The van der Waals surface area contributed by atoms with E-state index in [0.29, 0.717) is 11.1 Å². The number of hydrogen-bond donors (Lipinski definition) is 0. The highest BCUT2D eigenvalue weighted by molar-refractivity contribution is 5.80. The van der Waals surface area contributed by atoms with Gasteiger partial charge in [0, 0.05) is 23.2 Å². The lowest BCUT2D eigenvalue weighted by molar-refractivity contribution is 0.0232. The summed E-state index contributed by atoms with van der Waals surface area (Å²) in [4.78, 5) is 3.80. The number of benzene rings is 2. The number of hydrogen-bond acceptors (Lipinski definition) is 5. The molecule has 156 valence electrons. The van der Waals surface area contributed by atoms with E-state index < -0.39 is 28.9 Å². The maximum atomic E-state index is 15.4. The fourth-order valence-electron chi connectivity index (χ4n) is 3.44. The van der Waals surface area contributed by atoms with Gasteiger partial charge in [-0.05, 0) is 36.4 Å². The Hall–Kier alpha value is -4.39. The molecule has 2 aromatic carbocycles. The molecule has 0 aliphatic carbocycles. The molecule has 3 aromatic heterocycles. The second-order valence-corrected chi connectivity index (χ2v) is 6.90. The van der Waals surface area contributed by atoms with E-state index in [1.165, 1.54) is 36.5 Å². The van der Waals surface area contributed by atoms with Gasteiger partial charge in [0.05, 0.1) is 22.8 Å². The number of nitriles is 1. The van der Waals surface area contributed by atoms with Crippen molar-refractivity contribution in [3.63, 3.8) is 0 Å². The van der Waals surface area contributed by atoms with E-state index >= 15 is 8.78 Å². The summed E-state index contributed by atoms with van der Waals surface area (Å²) in [6.45, 7) is 0. The number of pyridine rings is 1. The van der Waals surface area contributed by atoms with Gasteiger partial charge >= 0.3 is 5.92 Å². The molecule has 0 spiro atoms. The number of nitrogens with zero attached hydrogens (tertiary/aromatic N) is 6. The first kappa shape index (κ1) is 19.6. The summed E-state index contributed by atoms with van der Waals surface area (Å²) in [6.07, 6.45) is 1.30. The van der Waals surface area contributed by atoms with Crippen molar-refractivity contribution in [3.05, 3.63) is 89.4 Å². The van der Waals surface area contributed by atoms with Crippen molar-refractivity contribution < 1.29 is 17.6 Å². The predicted molar refractivity (Wildman–Crippen MR) is 106 cm³/mol. The fraction of sp³-hybridized carbons (Fsp3) is 0.0455. The molecule has 32 heavy (non-hydrogen) atoms. The number of rotatable bonds is 3. The van der Waals surface area contributed by atoms with Crippen molar-refractivity contribution in [1.82, 2.24) is 24.8 Å². The SMILES string of the molecule is N#Cc1cccc(-c2ccc3nnc(C(F)(F)c4c(F)cc5ncccc5c4F)n3n2)c1. The van der Waals surface area contributed by atoms with Gasteiger partial charge in [-0.1, -0.05) is 12.1 Å². The Kier molecular flexibility index (Phi) is 4.34. The zero-order valence-electron chi connectivity index (χ0n) is 16.0. The van der Waals surface area contributed by atoms with Gasteiger partial charge in [0.2, 0.25) is 5.82 Å². The fourth-order valence-corrected chi connectivity index (χ4v) is 3.44. The molecule has 3 heterocycles. The van der Waals surface area contributed by atoms with Gasteiger partial charge in [-0.25, -0.2) is 8.78 Å². The molecule has 0 saturated heterocycles. The van der Waals surface area contributed by atoms with Crippen LogP contribution < -0.4 is 0 Å². The second kappa shape index (κ2) is 7.09. The molecule has 0 atom stereocenters. The first-order chi connectivity index (χ1) is 15.4. The molecule has 0 aliphatic rings. The van der Waals surface area contributed by atoms with Crippen LogP contribution in [0.2, 0.25) is 0 Å². The summed E-state index contributed by atoms with van der Waals surface area (Å²) in [5, 5.41) is 20.1. The Morgan fingerprint density at radius 2 is 1.81 bits per heavy atom. The number of alkyl halides is 2. The Morgan fingerprint density at radius 1 is 0.969 bits per heavy atom. The number of halogens is 4. The Balaban J connectivity index is 1.71. The topological polar surface area (TPSA) is 79.8 Å². The molecule has 0 aliphatic heterocycles. The average Bonchev–Trinajstić information content (AvgIpc) is 3.23. The smallest absolute Gasteiger partial charge is 0.256 e. The molecule has 10 heteroatoms. The lowest BCUT2D eigenvalue weighted by Crippen LogP contribution is -2.23. The molecule has 5 aromatic rings. The highest BCUT2D eigenvalue weighted by Gasteiger charge is 2.45. The van der Waals surface area contributed by atoms with Crippen LogP contribution in [0.25, 0.3) is 27.8 Å². The predicted octanol–water partition coefficient (Wildman–Crippen LogP) is 4.63. The van der Waals surface area contributed by atoms with Gasteiger partial charge in [0.25, 0.3) is 0 Å². The normalized spacial score (nSPS) is 11.7. The molecule has 0 saturated carbocycles. The van der Waals surface area contributed by atoms with Gasteiger partial charge in [0.15, 0.2) is 5.65 Å². The minimum absolute atomic E-state index is 0.0388. The van der Waals surface area contributed by atoms with Crippen LogP contribution in [-0.2, 0) is 5.92 Å². The second-order valence-electron chi connectivity index (χ2n) is 6.90. The molecule has 0 radical (unpaired) electrons. The Bertz CT molecular complexity index is 1550. The van der Waals surface area contributed by atoms with E-state index in [4.69, 9.17) is 5.26 Å². The average molecular weight is 434 g/mol. The van der Waals surface area contributed by atoms with E-state index in [1.807, 2.05) is 6.07 Å². The van der Waals surface area contributed by atoms with Gasteiger partial charge in [-0.15, -0.1) is 10.2 Å². The third-order valence-electron chi connectivity index (χ3n) is 4.94. The first-order valence-corrected chi connectivity index (χ1v) is 9.24. The van der Waals surface area contributed by atoms with Crippen LogP contribution in [0, 0.1) is 23.0 Å². The molecule has 0 N–H and O–H groups in total. The lowest BCUT2D eigenvalue weighted by Gasteiger charge is -2.17. The summed E-state index contributed by atoms with van der Waals surface area (Å²) in [7, 11) is 0. The number of aromatic nitrogens is 5. The third-order valence-corrected chi connectivity index (χ3v) is 4.94. The summed E-state index contributed by atoms with van der Waals surface area (Å²) in [5.74, 6) is -8.15. The Morgan fingerprint density at radius 3 is 2.62 bits per heavy atom. The van der Waals surface area contributed by atoms with E-state index in [2.05, 4.69) is 20.3 Å². The minimum atomic E-state index is -4.20. The summed E-state index contributed by atoms with van der Waals surface area (Å²) in [6, 6.07) is 14.6. The monoisotopic (exact) mass is 434 g/mol. The van der Waals surface area contributed by atoms with Crippen molar-refractivity contribution in [3.8, 4) is 17.3 Å². The quantitative estimate of drug-likeness (QED) is 0.387. The molecule has 0 unspecified atom stereocenters. The van der Waals surface area contributed by atoms with Crippen LogP contribution in [0.1, 0.15) is 17.0 Å². The minimum Gasteiger partial charge on any atom is -0.256 e. The molecule has 0 bridgehead atoms. The zero-order valence-corrected chi connectivity index (χ0v) is 16.0. The largest absolute Gasteiger partial charge is 0.339 e. The van der Waals surface area contributed by atoms with Gasteiger partial charge < -0.3 is 0 Å². The standard InChI is InChI=1S/C22H10F4N6/c23-15-10-17-14(5-2-8-28-17)20(24)19(15)22(25,26)21-30-29-18-7-6-16(31-32(18)21)13-4-1-3-12(9-13)11-27/h1-10H. The highest BCUT2D eigenvalue weighted by atomic mass is 19.3. The first-order valence-electron chi connectivity index (χ1n) is 9.24. The zero-order chi connectivity index (χ0) is 22.5. The van der Waals surface area contributed by atoms with Crippen molar-refractivity contribution >= 4 is 16.6 Å². The van der Waals surface area contributed by atoms with Gasteiger partial charge in [0.1, 0.15) is 17.2 Å². The van der Waals surface area contributed by atoms with E-state index in [1.54, 1.807) is 18.2 Å². The maximum Gasteiger partial charge on any atom is 0.339 e. The van der Waals surface area contributed by atoms with Crippen LogP contribution >= 0.6 is 0 Å². The van der Waals surface area contributed by atoms with E-state index in [0.717, 1.165) is 10.6 Å². The Labute approximate surface area is 177 Å². The lowest BCUT2D eigenvalue weighted by atomic mass is 10.0. The van der Waals surface area contributed by atoms with Crippen LogP contribution in [0.3, 0.4) is 0 Å². The van der Waals surface area contributed by atoms with E-state index in [9.17, 15) is 8.78 Å². The van der Waals surface area contributed by atoms with Crippen LogP contribution in [0.4, 0.5) is 17.6 Å². The van der Waals surface area contributed by atoms with Crippen molar-refractivity contribution in [2.45, 2.75) is 5.92 Å².